The molecule has 2 N–H and O–H groups in total. The number of ketones is 1. The van der Waals surface area contributed by atoms with Gasteiger partial charge in [0.1, 0.15) is 0 Å². The molecule has 1 saturated carbocycles. The predicted molar refractivity (Wildman–Crippen MR) is 75.3 cm³/mol. The number of benzene rings is 1. The van der Waals surface area contributed by atoms with Gasteiger partial charge in [0.25, 0.3) is 0 Å². The lowest BCUT2D eigenvalue weighted by Crippen LogP contribution is -2.25. The molecular formula is C14H17Cl2NO. The quantitative estimate of drug-likeness (QED) is 0.855. The molecule has 98 valence electrons. The lowest BCUT2D eigenvalue weighted by molar-refractivity contribution is 0.0873. The van der Waals surface area contributed by atoms with Crippen LogP contribution in [0.5, 0.6) is 0 Å². The fourth-order valence-corrected chi connectivity index (χ4v) is 2.84. The van der Waals surface area contributed by atoms with Crippen molar-refractivity contribution in [1.29, 1.82) is 0 Å². The molecule has 0 spiro atoms. The lowest BCUT2D eigenvalue weighted by Gasteiger charge is -2.26. The third-order valence-electron chi connectivity index (χ3n) is 3.75. The first-order valence-electron chi connectivity index (χ1n) is 6.31. The number of carbonyl (C=O) groups is 1. The average Bonchev–Trinajstić information content (AvgIpc) is 2.41. The molecule has 0 radical (unpaired) electrons. The Morgan fingerprint density at radius 2 is 1.83 bits per heavy atom. The molecule has 0 saturated heterocycles. The number of nitrogens with two attached hydrogens (primary N) is 1. The standard InChI is InChI=1S/C14H17Cl2NO/c15-12-6-5-11(7-13(12)16)14(18)10-3-1-9(8-17)2-4-10/h5-7,9-10H,1-4,8,17H2. The van der Waals surface area contributed by atoms with Gasteiger partial charge in [-0.15, -0.1) is 0 Å². The molecule has 1 aliphatic carbocycles. The van der Waals surface area contributed by atoms with E-state index in [0.29, 0.717) is 21.5 Å². The Labute approximate surface area is 117 Å². The Morgan fingerprint density at radius 1 is 1.17 bits per heavy atom. The van der Waals surface area contributed by atoms with Crippen LogP contribution in [0, 0.1) is 11.8 Å². The van der Waals surface area contributed by atoms with Crippen molar-refractivity contribution in [3.05, 3.63) is 33.8 Å². The SMILES string of the molecule is NCC1CCC(C(=O)c2ccc(Cl)c(Cl)c2)CC1. The summed E-state index contributed by atoms with van der Waals surface area (Å²) in [6, 6.07) is 5.11. The summed E-state index contributed by atoms with van der Waals surface area (Å²) >= 11 is 11.8. The van der Waals surface area contributed by atoms with Gasteiger partial charge < -0.3 is 5.73 Å². The summed E-state index contributed by atoms with van der Waals surface area (Å²) < 4.78 is 0. The van der Waals surface area contributed by atoms with Crippen LogP contribution in [0.15, 0.2) is 18.2 Å². The smallest absolute Gasteiger partial charge is 0.165 e. The summed E-state index contributed by atoms with van der Waals surface area (Å²) in [5.74, 6) is 0.886. The van der Waals surface area contributed by atoms with E-state index in [0.717, 1.165) is 32.2 Å². The van der Waals surface area contributed by atoms with E-state index in [1.165, 1.54) is 0 Å². The van der Waals surface area contributed by atoms with Gasteiger partial charge in [0.2, 0.25) is 0 Å². The molecule has 0 heterocycles. The molecule has 0 bridgehead atoms. The Balaban J connectivity index is 2.05. The summed E-state index contributed by atoms with van der Waals surface area (Å²) in [5.41, 5.74) is 6.32. The van der Waals surface area contributed by atoms with Gasteiger partial charge in [-0.05, 0) is 56.3 Å². The fraction of sp³-hybridized carbons (Fsp3) is 0.500. The van der Waals surface area contributed by atoms with E-state index in [1.54, 1.807) is 18.2 Å². The first-order valence-corrected chi connectivity index (χ1v) is 7.06. The van der Waals surface area contributed by atoms with Crippen LogP contribution >= 0.6 is 23.2 Å². The van der Waals surface area contributed by atoms with Crippen molar-refractivity contribution in [2.24, 2.45) is 17.6 Å². The maximum Gasteiger partial charge on any atom is 0.165 e. The average molecular weight is 286 g/mol. The van der Waals surface area contributed by atoms with Crippen LogP contribution < -0.4 is 5.73 Å². The van der Waals surface area contributed by atoms with E-state index >= 15 is 0 Å². The van der Waals surface area contributed by atoms with Crippen molar-refractivity contribution in [2.45, 2.75) is 25.7 Å². The van der Waals surface area contributed by atoms with Crippen LogP contribution in [0.25, 0.3) is 0 Å². The Morgan fingerprint density at radius 3 is 2.39 bits per heavy atom. The molecule has 1 aromatic carbocycles. The third kappa shape index (κ3) is 3.05. The van der Waals surface area contributed by atoms with Crippen molar-refractivity contribution in [1.82, 2.24) is 0 Å². The van der Waals surface area contributed by atoms with Gasteiger partial charge in [0, 0.05) is 11.5 Å². The molecule has 0 aromatic heterocycles. The monoisotopic (exact) mass is 285 g/mol. The maximum atomic E-state index is 12.3. The highest BCUT2D eigenvalue weighted by Crippen LogP contribution is 2.31. The minimum Gasteiger partial charge on any atom is -0.330 e. The zero-order valence-corrected chi connectivity index (χ0v) is 11.7. The van der Waals surface area contributed by atoms with Crippen LogP contribution in [-0.4, -0.2) is 12.3 Å². The van der Waals surface area contributed by atoms with E-state index in [4.69, 9.17) is 28.9 Å². The maximum absolute atomic E-state index is 12.3. The van der Waals surface area contributed by atoms with Gasteiger partial charge in [-0.25, -0.2) is 0 Å². The van der Waals surface area contributed by atoms with E-state index < -0.39 is 0 Å². The zero-order valence-electron chi connectivity index (χ0n) is 10.2. The van der Waals surface area contributed by atoms with Gasteiger partial charge >= 0.3 is 0 Å². The number of rotatable bonds is 3. The van der Waals surface area contributed by atoms with Crippen LogP contribution in [0.2, 0.25) is 10.0 Å². The van der Waals surface area contributed by atoms with Crippen LogP contribution in [0.3, 0.4) is 0 Å². The van der Waals surface area contributed by atoms with Gasteiger partial charge in [0.15, 0.2) is 5.78 Å². The van der Waals surface area contributed by atoms with Crippen LogP contribution in [-0.2, 0) is 0 Å². The minimum absolute atomic E-state index is 0.116. The Bertz CT molecular complexity index is 439. The minimum atomic E-state index is 0.116. The van der Waals surface area contributed by atoms with Gasteiger partial charge in [-0.3, -0.25) is 4.79 Å². The fourth-order valence-electron chi connectivity index (χ4n) is 2.55. The molecule has 1 aliphatic rings. The Hall–Kier alpha value is -0.570. The van der Waals surface area contributed by atoms with E-state index in [1.807, 2.05) is 0 Å². The van der Waals surface area contributed by atoms with Crippen molar-refractivity contribution < 1.29 is 4.79 Å². The second-order valence-electron chi connectivity index (χ2n) is 4.95. The molecular weight excluding hydrogens is 269 g/mol. The number of carbonyl (C=O) groups excluding carboxylic acids is 1. The molecule has 2 rings (SSSR count). The van der Waals surface area contributed by atoms with Crippen molar-refractivity contribution in [3.63, 3.8) is 0 Å². The van der Waals surface area contributed by atoms with E-state index in [-0.39, 0.29) is 11.7 Å². The normalized spacial score (nSPS) is 23.9. The largest absolute Gasteiger partial charge is 0.330 e. The highest BCUT2D eigenvalue weighted by atomic mass is 35.5. The van der Waals surface area contributed by atoms with Gasteiger partial charge in [-0.2, -0.15) is 0 Å². The van der Waals surface area contributed by atoms with Crippen molar-refractivity contribution >= 4 is 29.0 Å². The molecule has 4 heteroatoms. The second kappa shape index (κ2) is 6.05. The summed E-state index contributed by atoms with van der Waals surface area (Å²) in [4.78, 5) is 12.3. The second-order valence-corrected chi connectivity index (χ2v) is 5.76. The third-order valence-corrected chi connectivity index (χ3v) is 4.49. The first-order chi connectivity index (χ1) is 8.61. The Kier molecular flexibility index (Phi) is 4.66. The molecule has 0 amide bonds. The number of hydrogen-bond donors (Lipinski definition) is 1. The summed E-state index contributed by atoms with van der Waals surface area (Å²) in [5, 5.41) is 0.929. The predicted octanol–water partition coefficient (Wildman–Crippen LogP) is 3.94. The van der Waals surface area contributed by atoms with Crippen LogP contribution in [0.4, 0.5) is 0 Å². The summed E-state index contributed by atoms with van der Waals surface area (Å²) in [6.45, 7) is 0.730. The zero-order chi connectivity index (χ0) is 13.1. The number of Topliss-reactive ketones (excluding diaryl/α,β-unsaturated/α-hetero) is 1. The molecule has 18 heavy (non-hydrogen) atoms. The molecule has 0 aliphatic heterocycles. The van der Waals surface area contributed by atoms with Crippen molar-refractivity contribution in [3.8, 4) is 0 Å². The number of halogens is 2. The lowest BCUT2D eigenvalue weighted by atomic mass is 9.79. The highest BCUT2D eigenvalue weighted by Gasteiger charge is 2.26. The molecule has 1 aromatic rings. The molecule has 0 unspecified atom stereocenters. The first kappa shape index (κ1) is 13.9. The molecule has 0 atom stereocenters. The molecule has 2 nitrogen and oxygen atoms in total. The highest BCUT2D eigenvalue weighted by molar-refractivity contribution is 6.42. The topological polar surface area (TPSA) is 43.1 Å². The summed E-state index contributed by atoms with van der Waals surface area (Å²) in [7, 11) is 0. The van der Waals surface area contributed by atoms with E-state index in [9.17, 15) is 4.79 Å². The summed E-state index contributed by atoms with van der Waals surface area (Å²) in [6.07, 6.45) is 3.96. The number of hydrogen-bond acceptors (Lipinski definition) is 2. The van der Waals surface area contributed by atoms with Gasteiger partial charge in [0.05, 0.1) is 10.0 Å². The van der Waals surface area contributed by atoms with Gasteiger partial charge in [-0.1, -0.05) is 23.2 Å². The van der Waals surface area contributed by atoms with Crippen LogP contribution in [0.1, 0.15) is 36.0 Å². The van der Waals surface area contributed by atoms with Crippen molar-refractivity contribution in [2.75, 3.05) is 6.54 Å². The molecule has 1 fully saturated rings. The van der Waals surface area contributed by atoms with E-state index in [2.05, 4.69) is 0 Å².